The highest BCUT2D eigenvalue weighted by molar-refractivity contribution is 7.92. The van der Waals surface area contributed by atoms with E-state index < -0.39 is 10.0 Å². The first kappa shape index (κ1) is 13.6. The Morgan fingerprint density at radius 2 is 2.00 bits per heavy atom. The fourth-order valence-electron chi connectivity index (χ4n) is 1.17. The zero-order valence-corrected chi connectivity index (χ0v) is 10.9. The Balaban J connectivity index is 2.59. The minimum absolute atomic E-state index is 0.0756. The van der Waals surface area contributed by atoms with Gasteiger partial charge < -0.3 is 0 Å². The van der Waals surface area contributed by atoms with Crippen LogP contribution in [-0.4, -0.2) is 20.1 Å². The van der Waals surface area contributed by atoms with Gasteiger partial charge in [0.15, 0.2) is 0 Å². The van der Waals surface area contributed by atoms with Crippen LogP contribution in [-0.2, 0) is 10.0 Å². The third-order valence-corrected chi connectivity index (χ3v) is 3.77. The van der Waals surface area contributed by atoms with E-state index in [0.717, 1.165) is 0 Å². The third-order valence-electron chi connectivity index (χ3n) is 1.89. The molecular weight excluding hydrogens is 269 g/mol. The van der Waals surface area contributed by atoms with Crippen molar-refractivity contribution >= 4 is 38.9 Å². The van der Waals surface area contributed by atoms with E-state index in [1.165, 1.54) is 0 Å². The van der Waals surface area contributed by atoms with Crippen LogP contribution >= 0.6 is 23.2 Å². The van der Waals surface area contributed by atoms with Crippen LogP contribution in [0, 0.1) is 0 Å². The Morgan fingerprint density at radius 1 is 1.25 bits per heavy atom. The maximum Gasteiger partial charge on any atom is 0.232 e. The van der Waals surface area contributed by atoms with Crippen LogP contribution in [0.1, 0.15) is 12.8 Å². The summed E-state index contributed by atoms with van der Waals surface area (Å²) in [4.78, 5) is 0. The molecule has 0 atom stereocenters. The van der Waals surface area contributed by atoms with Crippen molar-refractivity contribution in [2.24, 2.45) is 0 Å². The second-order valence-corrected chi connectivity index (χ2v) is 5.98. The third kappa shape index (κ3) is 5.05. The monoisotopic (exact) mass is 281 g/mol. The van der Waals surface area contributed by atoms with Gasteiger partial charge in [0.1, 0.15) is 0 Å². The number of unbranched alkanes of at least 4 members (excludes halogenated alkanes) is 1. The van der Waals surface area contributed by atoms with Crippen molar-refractivity contribution in [2.45, 2.75) is 12.8 Å². The number of alkyl halides is 1. The normalized spacial score (nSPS) is 11.4. The van der Waals surface area contributed by atoms with E-state index in [1.807, 2.05) is 0 Å². The molecule has 0 aliphatic heterocycles. The molecule has 1 aromatic rings. The fourth-order valence-corrected chi connectivity index (χ4v) is 2.72. The van der Waals surface area contributed by atoms with Gasteiger partial charge in [0.25, 0.3) is 0 Å². The molecule has 90 valence electrons. The first-order chi connectivity index (χ1) is 7.53. The number of hydrogen-bond acceptors (Lipinski definition) is 2. The predicted octanol–water partition coefficient (Wildman–Crippen LogP) is 3.10. The lowest BCUT2D eigenvalue weighted by atomic mass is 10.3. The van der Waals surface area contributed by atoms with Gasteiger partial charge in [-0.1, -0.05) is 17.7 Å². The van der Waals surface area contributed by atoms with Crippen molar-refractivity contribution in [2.75, 3.05) is 16.4 Å². The molecule has 6 heteroatoms. The van der Waals surface area contributed by atoms with Gasteiger partial charge in [0.2, 0.25) is 10.0 Å². The van der Waals surface area contributed by atoms with Gasteiger partial charge in [-0.25, -0.2) is 8.42 Å². The minimum atomic E-state index is -3.29. The first-order valence-corrected chi connectivity index (χ1v) is 7.42. The van der Waals surface area contributed by atoms with Gasteiger partial charge in [0.05, 0.1) is 5.75 Å². The van der Waals surface area contributed by atoms with E-state index in [4.69, 9.17) is 23.2 Å². The number of hydrogen-bond donors (Lipinski definition) is 1. The molecule has 1 aromatic carbocycles. The molecule has 16 heavy (non-hydrogen) atoms. The molecule has 0 heterocycles. The Bertz CT molecular complexity index is 434. The number of anilines is 1. The highest BCUT2D eigenvalue weighted by atomic mass is 35.5. The van der Waals surface area contributed by atoms with Crippen LogP contribution in [0.3, 0.4) is 0 Å². The van der Waals surface area contributed by atoms with Crippen LogP contribution in [0.5, 0.6) is 0 Å². The molecule has 3 nitrogen and oxygen atoms in total. The molecule has 0 aliphatic rings. The quantitative estimate of drug-likeness (QED) is 0.643. The zero-order chi connectivity index (χ0) is 12.0. The van der Waals surface area contributed by atoms with E-state index in [2.05, 4.69) is 4.72 Å². The Kier molecular flexibility index (Phi) is 5.38. The molecule has 0 radical (unpaired) electrons. The smallest absolute Gasteiger partial charge is 0.232 e. The molecule has 0 aromatic heterocycles. The lowest BCUT2D eigenvalue weighted by Crippen LogP contribution is -2.16. The molecular formula is C10H13Cl2NO2S. The lowest BCUT2D eigenvalue weighted by Gasteiger charge is -2.07. The summed E-state index contributed by atoms with van der Waals surface area (Å²) in [5.41, 5.74) is 0.485. The van der Waals surface area contributed by atoms with Gasteiger partial charge in [-0.05, 0) is 31.0 Å². The van der Waals surface area contributed by atoms with Gasteiger partial charge in [-0.2, -0.15) is 0 Å². The molecule has 0 fully saturated rings. The average Bonchev–Trinajstić information content (AvgIpc) is 2.17. The fraction of sp³-hybridized carbons (Fsp3) is 0.400. The minimum Gasteiger partial charge on any atom is -0.284 e. The van der Waals surface area contributed by atoms with E-state index in [9.17, 15) is 8.42 Å². The van der Waals surface area contributed by atoms with Crippen molar-refractivity contribution in [1.82, 2.24) is 0 Å². The molecule has 0 saturated heterocycles. The summed E-state index contributed by atoms with van der Waals surface area (Å²) >= 11 is 11.2. The largest absolute Gasteiger partial charge is 0.284 e. The molecule has 0 saturated carbocycles. The van der Waals surface area contributed by atoms with Crippen molar-refractivity contribution in [1.29, 1.82) is 0 Å². The highest BCUT2D eigenvalue weighted by Gasteiger charge is 2.09. The van der Waals surface area contributed by atoms with Crippen LogP contribution < -0.4 is 4.72 Å². The van der Waals surface area contributed by atoms with E-state index >= 15 is 0 Å². The van der Waals surface area contributed by atoms with E-state index in [1.54, 1.807) is 24.3 Å². The van der Waals surface area contributed by atoms with Crippen molar-refractivity contribution in [3.05, 3.63) is 29.3 Å². The summed E-state index contributed by atoms with van der Waals surface area (Å²) in [6.07, 6.45) is 1.25. The standard InChI is InChI=1S/C10H13Cl2NO2S/c11-6-1-2-7-16(14,15)13-10-5-3-4-9(12)8-10/h3-5,8,13H,1-2,6-7H2. The lowest BCUT2D eigenvalue weighted by molar-refractivity contribution is 0.598. The molecule has 0 aliphatic carbocycles. The topological polar surface area (TPSA) is 46.2 Å². The molecule has 1 rings (SSSR count). The van der Waals surface area contributed by atoms with E-state index in [0.29, 0.717) is 29.4 Å². The number of rotatable bonds is 6. The Labute approximate surface area is 106 Å². The van der Waals surface area contributed by atoms with Crippen LogP contribution in [0.25, 0.3) is 0 Å². The van der Waals surface area contributed by atoms with Gasteiger partial charge in [-0.3, -0.25) is 4.72 Å². The molecule has 0 bridgehead atoms. The van der Waals surface area contributed by atoms with Crippen molar-refractivity contribution in [3.8, 4) is 0 Å². The Hall–Kier alpha value is -0.450. The average molecular weight is 282 g/mol. The van der Waals surface area contributed by atoms with Gasteiger partial charge in [0, 0.05) is 16.6 Å². The molecule has 0 unspecified atom stereocenters. The number of benzene rings is 1. The second kappa shape index (κ2) is 6.33. The van der Waals surface area contributed by atoms with Crippen LogP contribution in [0.15, 0.2) is 24.3 Å². The molecule has 0 spiro atoms. The highest BCUT2D eigenvalue weighted by Crippen LogP contribution is 2.16. The second-order valence-electron chi connectivity index (χ2n) is 3.33. The summed E-state index contributed by atoms with van der Waals surface area (Å²) in [5, 5.41) is 0.501. The summed E-state index contributed by atoms with van der Waals surface area (Å²) in [6.45, 7) is 0. The maximum absolute atomic E-state index is 11.6. The number of halogens is 2. The zero-order valence-electron chi connectivity index (χ0n) is 8.62. The SMILES string of the molecule is O=S(=O)(CCCCCl)Nc1cccc(Cl)c1. The van der Waals surface area contributed by atoms with Crippen LogP contribution in [0.2, 0.25) is 5.02 Å². The Morgan fingerprint density at radius 3 is 2.62 bits per heavy atom. The number of nitrogens with one attached hydrogen (secondary N) is 1. The first-order valence-electron chi connectivity index (χ1n) is 4.85. The summed E-state index contributed by atoms with van der Waals surface area (Å²) < 4.78 is 25.6. The number of sulfonamides is 1. The molecule has 1 N–H and O–H groups in total. The van der Waals surface area contributed by atoms with Gasteiger partial charge in [-0.15, -0.1) is 11.6 Å². The van der Waals surface area contributed by atoms with Gasteiger partial charge >= 0.3 is 0 Å². The van der Waals surface area contributed by atoms with Crippen LogP contribution in [0.4, 0.5) is 5.69 Å². The summed E-state index contributed by atoms with van der Waals surface area (Å²) in [6, 6.07) is 6.61. The summed E-state index contributed by atoms with van der Waals surface area (Å²) in [5.74, 6) is 0.554. The van der Waals surface area contributed by atoms with Crippen molar-refractivity contribution < 1.29 is 8.42 Å². The maximum atomic E-state index is 11.6. The van der Waals surface area contributed by atoms with E-state index in [-0.39, 0.29) is 5.75 Å². The van der Waals surface area contributed by atoms with Crippen molar-refractivity contribution in [3.63, 3.8) is 0 Å². The summed E-state index contributed by atoms with van der Waals surface area (Å²) in [7, 11) is -3.29. The molecule has 0 amide bonds. The predicted molar refractivity (Wildman–Crippen MR) is 68.8 cm³/mol.